The van der Waals surface area contributed by atoms with Gasteiger partial charge in [-0.1, -0.05) is 12.1 Å². The molecule has 1 aliphatic heterocycles. The lowest BCUT2D eigenvalue weighted by Crippen LogP contribution is -2.27. The number of aliphatic hydroxyl groups is 1. The number of hydrogen-bond donors (Lipinski definition) is 1. The molecule has 1 aromatic rings. The number of methoxy groups -OCH3 is 1. The zero-order chi connectivity index (χ0) is 15.2. The van der Waals surface area contributed by atoms with Gasteiger partial charge in [0.05, 0.1) is 18.8 Å². The van der Waals surface area contributed by atoms with E-state index >= 15 is 0 Å². The summed E-state index contributed by atoms with van der Waals surface area (Å²) in [6, 6.07) is 7.75. The molecule has 4 nitrogen and oxygen atoms in total. The standard InChI is InChI=1S/C17H27NO3/c1-13(2)21-16-6-4-15(5-7-16)17(19)11-18-9-8-14(10-18)12-20-3/h4-7,13-14,17,19H,8-12H2,1-3H3. The van der Waals surface area contributed by atoms with E-state index in [-0.39, 0.29) is 6.10 Å². The Morgan fingerprint density at radius 1 is 1.29 bits per heavy atom. The fourth-order valence-corrected chi connectivity index (χ4v) is 2.84. The van der Waals surface area contributed by atoms with Crippen LogP contribution in [0.4, 0.5) is 0 Å². The quantitative estimate of drug-likeness (QED) is 0.838. The molecule has 118 valence electrons. The van der Waals surface area contributed by atoms with Gasteiger partial charge in [0.15, 0.2) is 0 Å². The maximum Gasteiger partial charge on any atom is 0.119 e. The Kier molecular flexibility index (Phi) is 6.03. The zero-order valence-corrected chi connectivity index (χ0v) is 13.3. The Hall–Kier alpha value is -1.10. The number of β-amino-alcohol motifs (C(OH)–C–C–N with tert-alkyl or cyclic N) is 1. The van der Waals surface area contributed by atoms with Crippen molar-refractivity contribution in [3.63, 3.8) is 0 Å². The second-order valence-electron chi connectivity index (χ2n) is 6.12. The zero-order valence-electron chi connectivity index (χ0n) is 13.3. The third-order valence-electron chi connectivity index (χ3n) is 3.84. The first-order valence-electron chi connectivity index (χ1n) is 7.74. The summed E-state index contributed by atoms with van der Waals surface area (Å²) in [5.74, 6) is 1.45. The summed E-state index contributed by atoms with van der Waals surface area (Å²) in [5, 5.41) is 10.4. The molecule has 4 heteroatoms. The summed E-state index contributed by atoms with van der Waals surface area (Å²) in [6.07, 6.45) is 0.879. The summed E-state index contributed by atoms with van der Waals surface area (Å²) >= 11 is 0. The van der Waals surface area contributed by atoms with Crippen molar-refractivity contribution in [3.8, 4) is 5.75 Å². The van der Waals surface area contributed by atoms with Crippen LogP contribution in [-0.2, 0) is 4.74 Å². The molecule has 2 unspecified atom stereocenters. The van der Waals surface area contributed by atoms with Crippen LogP contribution in [0.15, 0.2) is 24.3 Å². The number of nitrogens with zero attached hydrogens (tertiary/aromatic N) is 1. The van der Waals surface area contributed by atoms with Gasteiger partial charge in [-0.2, -0.15) is 0 Å². The SMILES string of the molecule is COCC1CCN(CC(O)c2ccc(OC(C)C)cc2)C1. The molecule has 1 N–H and O–H groups in total. The maximum absolute atomic E-state index is 10.4. The Morgan fingerprint density at radius 2 is 2.00 bits per heavy atom. The molecule has 0 aliphatic carbocycles. The molecule has 0 aromatic heterocycles. The van der Waals surface area contributed by atoms with E-state index in [0.717, 1.165) is 37.4 Å². The monoisotopic (exact) mass is 293 g/mol. The minimum Gasteiger partial charge on any atom is -0.491 e. The van der Waals surface area contributed by atoms with Crippen LogP contribution in [0.25, 0.3) is 0 Å². The second kappa shape index (κ2) is 7.78. The van der Waals surface area contributed by atoms with Crippen molar-refractivity contribution in [1.82, 2.24) is 4.90 Å². The molecule has 0 amide bonds. The number of benzene rings is 1. The summed E-state index contributed by atoms with van der Waals surface area (Å²) < 4.78 is 10.8. The highest BCUT2D eigenvalue weighted by atomic mass is 16.5. The Bertz CT molecular complexity index is 419. The Morgan fingerprint density at radius 3 is 2.62 bits per heavy atom. The van der Waals surface area contributed by atoms with Crippen molar-refractivity contribution in [2.24, 2.45) is 5.92 Å². The highest BCUT2D eigenvalue weighted by molar-refractivity contribution is 5.28. The van der Waals surface area contributed by atoms with Crippen LogP contribution in [0.5, 0.6) is 5.75 Å². The van der Waals surface area contributed by atoms with E-state index in [1.807, 2.05) is 38.1 Å². The summed E-state index contributed by atoms with van der Waals surface area (Å²) in [5.41, 5.74) is 0.946. The van der Waals surface area contributed by atoms with E-state index in [9.17, 15) is 5.11 Å². The van der Waals surface area contributed by atoms with Gasteiger partial charge in [-0.25, -0.2) is 0 Å². The minimum absolute atomic E-state index is 0.170. The minimum atomic E-state index is -0.445. The topological polar surface area (TPSA) is 41.9 Å². The number of rotatable bonds is 7. The lowest BCUT2D eigenvalue weighted by Gasteiger charge is -2.20. The lowest BCUT2D eigenvalue weighted by molar-refractivity contribution is 0.115. The average Bonchev–Trinajstić information content (AvgIpc) is 2.86. The van der Waals surface area contributed by atoms with Crippen LogP contribution in [-0.4, -0.2) is 49.5 Å². The van der Waals surface area contributed by atoms with Gasteiger partial charge in [-0.3, -0.25) is 0 Å². The molecule has 0 spiro atoms. The Balaban J connectivity index is 1.84. The van der Waals surface area contributed by atoms with Crippen LogP contribution in [0.3, 0.4) is 0 Å². The van der Waals surface area contributed by atoms with Gasteiger partial charge in [0, 0.05) is 20.2 Å². The average molecular weight is 293 g/mol. The van der Waals surface area contributed by atoms with Crippen LogP contribution in [0.2, 0.25) is 0 Å². The molecule has 1 saturated heterocycles. The first kappa shape index (κ1) is 16.3. The van der Waals surface area contributed by atoms with Crippen LogP contribution < -0.4 is 4.74 Å². The van der Waals surface area contributed by atoms with Crippen molar-refractivity contribution in [1.29, 1.82) is 0 Å². The van der Waals surface area contributed by atoms with Crippen molar-refractivity contribution in [2.45, 2.75) is 32.5 Å². The van der Waals surface area contributed by atoms with Gasteiger partial charge in [0.2, 0.25) is 0 Å². The van der Waals surface area contributed by atoms with Crippen molar-refractivity contribution in [3.05, 3.63) is 29.8 Å². The highest BCUT2D eigenvalue weighted by Gasteiger charge is 2.24. The van der Waals surface area contributed by atoms with Gasteiger partial charge in [0.25, 0.3) is 0 Å². The predicted octanol–water partition coefficient (Wildman–Crippen LogP) is 2.48. The van der Waals surface area contributed by atoms with E-state index in [4.69, 9.17) is 9.47 Å². The molecule has 0 bridgehead atoms. The Labute approximate surface area is 127 Å². The van der Waals surface area contributed by atoms with Gasteiger partial charge in [0.1, 0.15) is 5.75 Å². The normalized spacial score (nSPS) is 20.9. The number of hydrogen-bond acceptors (Lipinski definition) is 4. The van der Waals surface area contributed by atoms with Crippen molar-refractivity contribution >= 4 is 0 Å². The van der Waals surface area contributed by atoms with Gasteiger partial charge >= 0.3 is 0 Å². The van der Waals surface area contributed by atoms with Crippen molar-refractivity contribution < 1.29 is 14.6 Å². The third-order valence-corrected chi connectivity index (χ3v) is 3.84. The summed E-state index contributed by atoms with van der Waals surface area (Å²) in [4.78, 5) is 2.31. The van der Waals surface area contributed by atoms with Crippen molar-refractivity contribution in [2.75, 3.05) is 33.4 Å². The van der Waals surface area contributed by atoms with E-state index in [1.165, 1.54) is 0 Å². The van der Waals surface area contributed by atoms with Crippen LogP contribution >= 0.6 is 0 Å². The van der Waals surface area contributed by atoms with E-state index in [2.05, 4.69) is 4.90 Å². The highest BCUT2D eigenvalue weighted by Crippen LogP contribution is 2.23. The van der Waals surface area contributed by atoms with E-state index in [0.29, 0.717) is 12.5 Å². The second-order valence-corrected chi connectivity index (χ2v) is 6.12. The van der Waals surface area contributed by atoms with Gasteiger partial charge < -0.3 is 19.5 Å². The molecular weight excluding hydrogens is 266 g/mol. The fraction of sp³-hybridized carbons (Fsp3) is 0.647. The molecule has 2 rings (SSSR count). The molecule has 21 heavy (non-hydrogen) atoms. The van der Waals surface area contributed by atoms with Crippen LogP contribution in [0.1, 0.15) is 31.9 Å². The number of ether oxygens (including phenoxy) is 2. The molecule has 0 radical (unpaired) electrons. The molecule has 1 aliphatic rings. The van der Waals surface area contributed by atoms with Gasteiger partial charge in [-0.15, -0.1) is 0 Å². The lowest BCUT2D eigenvalue weighted by atomic mass is 10.1. The molecule has 0 saturated carbocycles. The maximum atomic E-state index is 10.4. The molecule has 1 heterocycles. The van der Waals surface area contributed by atoms with E-state index < -0.39 is 6.10 Å². The molecular formula is C17H27NO3. The predicted molar refractivity (Wildman–Crippen MR) is 83.6 cm³/mol. The van der Waals surface area contributed by atoms with Crippen LogP contribution in [0, 0.1) is 5.92 Å². The first-order valence-corrected chi connectivity index (χ1v) is 7.74. The molecule has 1 fully saturated rings. The number of aliphatic hydroxyl groups excluding tert-OH is 1. The van der Waals surface area contributed by atoms with Gasteiger partial charge in [-0.05, 0) is 50.4 Å². The smallest absolute Gasteiger partial charge is 0.119 e. The summed E-state index contributed by atoms with van der Waals surface area (Å²) in [6.45, 7) is 7.57. The number of likely N-dealkylation sites (tertiary alicyclic amines) is 1. The van der Waals surface area contributed by atoms with E-state index in [1.54, 1.807) is 7.11 Å². The largest absolute Gasteiger partial charge is 0.491 e. The fourth-order valence-electron chi connectivity index (χ4n) is 2.84. The molecule has 2 atom stereocenters. The summed E-state index contributed by atoms with van der Waals surface area (Å²) in [7, 11) is 1.75. The third kappa shape index (κ3) is 4.99. The first-order chi connectivity index (χ1) is 10.1. The molecule has 1 aromatic carbocycles.